The minimum Gasteiger partial charge on any atom is -0.347 e. The number of para-hydroxylation sites is 2. The summed E-state index contributed by atoms with van der Waals surface area (Å²) < 4.78 is 2.07. The maximum atomic E-state index is 12.2. The summed E-state index contributed by atoms with van der Waals surface area (Å²) in [7, 11) is 0. The van der Waals surface area contributed by atoms with Crippen LogP contribution < -0.4 is 10.6 Å². The summed E-state index contributed by atoms with van der Waals surface area (Å²) in [5, 5.41) is 5.49. The lowest BCUT2D eigenvalue weighted by molar-refractivity contribution is -0.120. The van der Waals surface area contributed by atoms with Crippen molar-refractivity contribution in [3.63, 3.8) is 0 Å². The highest BCUT2D eigenvalue weighted by atomic mass is 16.2. The maximum absolute atomic E-state index is 12.2. The van der Waals surface area contributed by atoms with Crippen molar-refractivity contribution in [3.05, 3.63) is 65.0 Å². The van der Waals surface area contributed by atoms with Crippen LogP contribution in [0.25, 0.3) is 11.0 Å². The number of aromatic nitrogens is 2. The molecule has 0 radical (unpaired) electrons. The quantitative estimate of drug-likeness (QED) is 0.706. The average Bonchev–Trinajstić information content (AvgIpc) is 3.01. The fraction of sp³-hybridized carbons (Fsp3) is 0.286. The molecular weight excluding hydrogens is 340 g/mol. The van der Waals surface area contributed by atoms with Gasteiger partial charge in [0.2, 0.25) is 5.91 Å². The smallest absolute Gasteiger partial charge is 0.251 e. The van der Waals surface area contributed by atoms with Gasteiger partial charge in [-0.2, -0.15) is 0 Å². The van der Waals surface area contributed by atoms with Crippen molar-refractivity contribution in [3.8, 4) is 0 Å². The van der Waals surface area contributed by atoms with E-state index in [1.165, 1.54) is 0 Å². The van der Waals surface area contributed by atoms with E-state index in [1.54, 1.807) is 0 Å². The predicted molar refractivity (Wildman–Crippen MR) is 106 cm³/mol. The number of aryl methyl sites for hydroxylation is 3. The van der Waals surface area contributed by atoms with Crippen LogP contribution in [0.4, 0.5) is 0 Å². The second kappa shape index (κ2) is 8.03. The number of rotatable bonds is 6. The summed E-state index contributed by atoms with van der Waals surface area (Å²) in [6.07, 6.45) is 0. The van der Waals surface area contributed by atoms with Gasteiger partial charge in [-0.15, -0.1) is 0 Å². The number of nitrogens with one attached hydrogen (secondary N) is 2. The van der Waals surface area contributed by atoms with Crippen molar-refractivity contribution >= 4 is 22.8 Å². The highest BCUT2D eigenvalue weighted by Crippen LogP contribution is 2.15. The van der Waals surface area contributed by atoms with Gasteiger partial charge in [0.25, 0.3) is 5.91 Å². The number of imidazole rings is 1. The van der Waals surface area contributed by atoms with E-state index in [1.807, 2.05) is 63.2 Å². The SMILES string of the molecule is CCn1c(CNC(=O)CNC(=O)c2cc(C)cc(C)c2)nc2ccccc21. The van der Waals surface area contributed by atoms with E-state index in [-0.39, 0.29) is 18.4 Å². The second-order valence-corrected chi connectivity index (χ2v) is 6.60. The van der Waals surface area contributed by atoms with E-state index in [0.717, 1.165) is 34.5 Å². The van der Waals surface area contributed by atoms with Gasteiger partial charge in [-0.25, -0.2) is 4.98 Å². The average molecular weight is 364 g/mol. The Balaban J connectivity index is 1.58. The summed E-state index contributed by atoms with van der Waals surface area (Å²) in [5.74, 6) is 0.299. The van der Waals surface area contributed by atoms with Gasteiger partial charge in [0.15, 0.2) is 0 Å². The number of benzene rings is 2. The lowest BCUT2D eigenvalue weighted by Gasteiger charge is -2.09. The first-order chi connectivity index (χ1) is 13.0. The van der Waals surface area contributed by atoms with Crippen LogP contribution in [0.3, 0.4) is 0 Å². The molecule has 2 amide bonds. The van der Waals surface area contributed by atoms with Crippen LogP contribution in [0.2, 0.25) is 0 Å². The van der Waals surface area contributed by atoms with Crippen LogP contribution in [-0.2, 0) is 17.9 Å². The van der Waals surface area contributed by atoms with Gasteiger partial charge in [0.05, 0.1) is 24.1 Å². The Bertz CT molecular complexity index is 971. The molecule has 0 saturated heterocycles. The molecule has 6 nitrogen and oxygen atoms in total. The first kappa shape index (κ1) is 18.6. The molecular formula is C21H24N4O2. The van der Waals surface area contributed by atoms with Crippen molar-refractivity contribution in [1.82, 2.24) is 20.2 Å². The molecule has 1 heterocycles. The molecule has 0 aliphatic heterocycles. The van der Waals surface area contributed by atoms with Gasteiger partial charge in [-0.05, 0) is 45.0 Å². The Morgan fingerprint density at radius 1 is 1.04 bits per heavy atom. The molecule has 27 heavy (non-hydrogen) atoms. The number of fused-ring (bicyclic) bond motifs is 1. The zero-order valence-corrected chi connectivity index (χ0v) is 15.9. The molecule has 0 aliphatic rings. The van der Waals surface area contributed by atoms with E-state index in [0.29, 0.717) is 12.1 Å². The molecule has 0 atom stereocenters. The standard InChI is InChI=1S/C21H24N4O2/c1-4-25-18-8-6-5-7-17(18)24-19(25)12-22-20(26)13-23-21(27)16-10-14(2)9-15(3)11-16/h5-11H,4,12-13H2,1-3H3,(H,22,26)(H,23,27). The minimum absolute atomic E-state index is 0.0713. The molecule has 1 aromatic heterocycles. The lowest BCUT2D eigenvalue weighted by atomic mass is 10.1. The number of nitrogens with zero attached hydrogens (tertiary/aromatic N) is 2. The van der Waals surface area contributed by atoms with Gasteiger partial charge >= 0.3 is 0 Å². The molecule has 0 fully saturated rings. The third kappa shape index (κ3) is 4.34. The number of amides is 2. The highest BCUT2D eigenvalue weighted by molar-refractivity contribution is 5.96. The van der Waals surface area contributed by atoms with Crippen LogP contribution in [0.15, 0.2) is 42.5 Å². The molecule has 3 rings (SSSR count). The molecule has 0 aliphatic carbocycles. The van der Waals surface area contributed by atoms with Crippen molar-refractivity contribution in [1.29, 1.82) is 0 Å². The Morgan fingerprint density at radius 3 is 2.44 bits per heavy atom. The van der Waals surface area contributed by atoms with Crippen LogP contribution in [-0.4, -0.2) is 27.9 Å². The lowest BCUT2D eigenvalue weighted by Crippen LogP contribution is -2.37. The molecule has 2 N–H and O–H groups in total. The summed E-state index contributed by atoms with van der Waals surface area (Å²) >= 11 is 0. The van der Waals surface area contributed by atoms with E-state index >= 15 is 0 Å². The fourth-order valence-electron chi connectivity index (χ4n) is 3.22. The number of hydrogen-bond donors (Lipinski definition) is 2. The highest BCUT2D eigenvalue weighted by Gasteiger charge is 2.12. The number of carbonyl (C=O) groups excluding carboxylic acids is 2. The van der Waals surface area contributed by atoms with Gasteiger partial charge < -0.3 is 15.2 Å². The summed E-state index contributed by atoms with van der Waals surface area (Å²) in [6.45, 7) is 6.95. The third-order valence-electron chi connectivity index (χ3n) is 4.39. The minimum atomic E-state index is -0.252. The zero-order valence-electron chi connectivity index (χ0n) is 15.9. The molecule has 0 bridgehead atoms. The van der Waals surface area contributed by atoms with Gasteiger partial charge in [0, 0.05) is 12.1 Å². The van der Waals surface area contributed by atoms with Gasteiger partial charge in [-0.1, -0.05) is 29.3 Å². The van der Waals surface area contributed by atoms with Gasteiger partial charge in [-0.3, -0.25) is 9.59 Å². The molecule has 0 spiro atoms. The Morgan fingerprint density at radius 2 is 1.74 bits per heavy atom. The van der Waals surface area contributed by atoms with Crippen molar-refractivity contribution in [2.75, 3.05) is 6.54 Å². The second-order valence-electron chi connectivity index (χ2n) is 6.60. The van der Waals surface area contributed by atoms with E-state index in [2.05, 4.69) is 20.2 Å². The maximum Gasteiger partial charge on any atom is 0.251 e. The van der Waals surface area contributed by atoms with E-state index in [9.17, 15) is 9.59 Å². The van der Waals surface area contributed by atoms with Crippen LogP contribution >= 0.6 is 0 Å². The summed E-state index contributed by atoms with van der Waals surface area (Å²) in [4.78, 5) is 29.0. The topological polar surface area (TPSA) is 76.0 Å². The van der Waals surface area contributed by atoms with Crippen molar-refractivity contribution in [2.45, 2.75) is 33.9 Å². The summed E-state index contributed by atoms with van der Waals surface area (Å²) in [6, 6.07) is 13.5. The normalized spacial score (nSPS) is 10.8. The Hall–Kier alpha value is -3.15. The van der Waals surface area contributed by atoms with Gasteiger partial charge in [0.1, 0.15) is 5.82 Å². The predicted octanol–water partition coefficient (Wildman–Crippen LogP) is 2.72. The number of hydrogen-bond acceptors (Lipinski definition) is 3. The van der Waals surface area contributed by atoms with Crippen molar-refractivity contribution in [2.24, 2.45) is 0 Å². The van der Waals surface area contributed by atoms with E-state index in [4.69, 9.17) is 0 Å². The zero-order chi connectivity index (χ0) is 19.4. The van der Waals surface area contributed by atoms with E-state index < -0.39 is 0 Å². The largest absolute Gasteiger partial charge is 0.347 e. The first-order valence-corrected chi connectivity index (χ1v) is 9.05. The third-order valence-corrected chi connectivity index (χ3v) is 4.39. The molecule has 0 unspecified atom stereocenters. The Kier molecular flexibility index (Phi) is 5.54. The van der Waals surface area contributed by atoms with Crippen LogP contribution in [0.5, 0.6) is 0 Å². The monoisotopic (exact) mass is 364 g/mol. The molecule has 2 aromatic carbocycles. The Labute approximate surface area is 158 Å². The molecule has 3 aromatic rings. The number of carbonyl (C=O) groups is 2. The molecule has 0 saturated carbocycles. The molecule has 6 heteroatoms. The fourth-order valence-corrected chi connectivity index (χ4v) is 3.22. The first-order valence-electron chi connectivity index (χ1n) is 9.05. The van der Waals surface area contributed by atoms with Crippen molar-refractivity contribution < 1.29 is 9.59 Å². The van der Waals surface area contributed by atoms with Crippen LogP contribution in [0, 0.1) is 13.8 Å². The molecule has 140 valence electrons. The summed E-state index contributed by atoms with van der Waals surface area (Å²) in [5.41, 5.74) is 4.55. The van der Waals surface area contributed by atoms with Crippen LogP contribution in [0.1, 0.15) is 34.2 Å².